The van der Waals surface area contributed by atoms with Crippen LogP contribution < -0.4 is 5.32 Å². The molecule has 1 heterocycles. The fourth-order valence-corrected chi connectivity index (χ4v) is 2.58. The average molecular weight is 275 g/mol. The Hall–Kier alpha value is -1.68. The molecule has 0 saturated carbocycles. The van der Waals surface area contributed by atoms with Crippen LogP contribution in [0.5, 0.6) is 0 Å². The standard InChI is InChI=1S/C16H22FN3/c1-5-15-11(3)19-20(12(15)4)16-8-7-14(17)9-13(16)10-18-6-2/h7-9,18H,5-6,10H2,1-4H3. The second kappa shape index (κ2) is 6.18. The van der Waals surface area contributed by atoms with E-state index < -0.39 is 0 Å². The summed E-state index contributed by atoms with van der Waals surface area (Å²) in [6.45, 7) is 9.76. The van der Waals surface area contributed by atoms with E-state index in [1.165, 1.54) is 11.6 Å². The molecule has 0 unspecified atom stereocenters. The minimum absolute atomic E-state index is 0.209. The van der Waals surface area contributed by atoms with Gasteiger partial charge in [-0.25, -0.2) is 9.07 Å². The molecule has 0 saturated heterocycles. The normalized spacial score (nSPS) is 11.1. The molecule has 4 heteroatoms. The van der Waals surface area contributed by atoms with E-state index in [4.69, 9.17) is 0 Å². The molecule has 0 radical (unpaired) electrons. The maximum atomic E-state index is 13.5. The second-order valence-electron chi connectivity index (χ2n) is 4.97. The van der Waals surface area contributed by atoms with Crippen molar-refractivity contribution in [2.24, 2.45) is 0 Å². The number of halogens is 1. The summed E-state index contributed by atoms with van der Waals surface area (Å²) in [4.78, 5) is 0. The molecule has 0 fully saturated rings. The van der Waals surface area contributed by atoms with Gasteiger partial charge in [-0.2, -0.15) is 5.10 Å². The van der Waals surface area contributed by atoms with Crippen LogP contribution in [-0.2, 0) is 13.0 Å². The van der Waals surface area contributed by atoms with E-state index in [1.807, 2.05) is 18.5 Å². The van der Waals surface area contributed by atoms with E-state index in [0.29, 0.717) is 6.54 Å². The number of benzene rings is 1. The van der Waals surface area contributed by atoms with Crippen molar-refractivity contribution in [2.75, 3.05) is 6.54 Å². The highest BCUT2D eigenvalue weighted by molar-refractivity contribution is 5.44. The number of nitrogens with zero attached hydrogens (tertiary/aromatic N) is 2. The molecular formula is C16H22FN3. The molecule has 1 aromatic carbocycles. The first kappa shape index (κ1) is 14.7. The summed E-state index contributed by atoms with van der Waals surface area (Å²) in [5.74, 6) is -0.209. The molecule has 0 aliphatic carbocycles. The van der Waals surface area contributed by atoms with Crippen molar-refractivity contribution in [3.05, 3.63) is 46.5 Å². The van der Waals surface area contributed by atoms with Crippen molar-refractivity contribution >= 4 is 0 Å². The number of hydrogen-bond donors (Lipinski definition) is 1. The van der Waals surface area contributed by atoms with Crippen LogP contribution in [0.2, 0.25) is 0 Å². The number of aryl methyl sites for hydroxylation is 1. The molecular weight excluding hydrogens is 253 g/mol. The highest BCUT2D eigenvalue weighted by Crippen LogP contribution is 2.22. The molecule has 1 aromatic heterocycles. The predicted octanol–water partition coefficient (Wildman–Crippen LogP) is 3.30. The van der Waals surface area contributed by atoms with E-state index in [2.05, 4.69) is 24.3 Å². The smallest absolute Gasteiger partial charge is 0.123 e. The lowest BCUT2D eigenvalue weighted by Crippen LogP contribution is -2.15. The highest BCUT2D eigenvalue weighted by Gasteiger charge is 2.14. The largest absolute Gasteiger partial charge is 0.313 e. The van der Waals surface area contributed by atoms with Gasteiger partial charge in [0.05, 0.1) is 11.4 Å². The van der Waals surface area contributed by atoms with Gasteiger partial charge in [-0.3, -0.25) is 0 Å². The molecule has 0 atom stereocenters. The summed E-state index contributed by atoms with van der Waals surface area (Å²) in [5, 5.41) is 7.87. The molecule has 0 amide bonds. The van der Waals surface area contributed by atoms with Gasteiger partial charge in [0.2, 0.25) is 0 Å². The first-order valence-electron chi connectivity index (χ1n) is 7.13. The number of nitrogens with one attached hydrogen (secondary N) is 1. The Labute approximate surface area is 119 Å². The Morgan fingerprint density at radius 1 is 1.25 bits per heavy atom. The van der Waals surface area contributed by atoms with Gasteiger partial charge in [-0.15, -0.1) is 0 Å². The Morgan fingerprint density at radius 3 is 2.60 bits per heavy atom. The molecule has 3 nitrogen and oxygen atoms in total. The van der Waals surface area contributed by atoms with E-state index in [-0.39, 0.29) is 5.82 Å². The molecule has 2 rings (SSSR count). The van der Waals surface area contributed by atoms with Crippen LogP contribution >= 0.6 is 0 Å². The molecule has 1 N–H and O–H groups in total. The van der Waals surface area contributed by atoms with Gasteiger partial charge in [0.15, 0.2) is 0 Å². The van der Waals surface area contributed by atoms with Gasteiger partial charge in [-0.1, -0.05) is 13.8 Å². The first-order chi connectivity index (χ1) is 9.58. The van der Waals surface area contributed by atoms with Gasteiger partial charge in [0.25, 0.3) is 0 Å². The fraction of sp³-hybridized carbons (Fsp3) is 0.438. The SMILES string of the molecule is CCNCc1cc(F)ccc1-n1nc(C)c(CC)c1C. The Kier molecular flexibility index (Phi) is 4.55. The van der Waals surface area contributed by atoms with Crippen LogP contribution in [0.15, 0.2) is 18.2 Å². The Morgan fingerprint density at radius 2 is 2.00 bits per heavy atom. The van der Waals surface area contributed by atoms with Crippen LogP contribution in [0.1, 0.15) is 36.4 Å². The van der Waals surface area contributed by atoms with Crippen LogP contribution in [-0.4, -0.2) is 16.3 Å². The van der Waals surface area contributed by atoms with Crippen molar-refractivity contribution in [3.8, 4) is 5.69 Å². The molecule has 20 heavy (non-hydrogen) atoms. The molecule has 108 valence electrons. The van der Waals surface area contributed by atoms with Crippen LogP contribution in [0, 0.1) is 19.7 Å². The van der Waals surface area contributed by atoms with Gasteiger partial charge in [0.1, 0.15) is 5.82 Å². The van der Waals surface area contributed by atoms with E-state index in [9.17, 15) is 4.39 Å². The van der Waals surface area contributed by atoms with Gasteiger partial charge in [-0.05, 0) is 56.1 Å². The van der Waals surface area contributed by atoms with Crippen molar-refractivity contribution < 1.29 is 4.39 Å². The minimum Gasteiger partial charge on any atom is -0.313 e. The van der Waals surface area contributed by atoms with Crippen molar-refractivity contribution in [2.45, 2.75) is 40.7 Å². The first-order valence-corrected chi connectivity index (χ1v) is 7.13. The average Bonchev–Trinajstić information content (AvgIpc) is 2.71. The zero-order valence-corrected chi connectivity index (χ0v) is 12.6. The predicted molar refractivity (Wildman–Crippen MR) is 79.8 cm³/mol. The van der Waals surface area contributed by atoms with Gasteiger partial charge < -0.3 is 5.32 Å². The molecule has 2 aromatic rings. The summed E-state index contributed by atoms with van der Waals surface area (Å²) in [6, 6.07) is 4.88. The quantitative estimate of drug-likeness (QED) is 0.907. The third-order valence-corrected chi connectivity index (χ3v) is 3.63. The van der Waals surface area contributed by atoms with Gasteiger partial charge in [0, 0.05) is 12.2 Å². The fourth-order valence-electron chi connectivity index (χ4n) is 2.58. The minimum atomic E-state index is -0.209. The number of hydrogen-bond acceptors (Lipinski definition) is 2. The number of aromatic nitrogens is 2. The number of rotatable bonds is 5. The van der Waals surface area contributed by atoms with Gasteiger partial charge >= 0.3 is 0 Å². The lowest BCUT2D eigenvalue weighted by atomic mass is 10.1. The maximum absolute atomic E-state index is 13.5. The summed E-state index contributed by atoms with van der Waals surface area (Å²) >= 11 is 0. The molecule has 0 aliphatic heterocycles. The monoisotopic (exact) mass is 275 g/mol. The zero-order chi connectivity index (χ0) is 14.7. The Bertz CT molecular complexity index is 602. The van der Waals surface area contributed by atoms with Crippen molar-refractivity contribution in [3.63, 3.8) is 0 Å². The van der Waals surface area contributed by atoms with Crippen LogP contribution in [0.3, 0.4) is 0 Å². The zero-order valence-electron chi connectivity index (χ0n) is 12.6. The summed E-state index contributed by atoms with van der Waals surface area (Å²) in [6.07, 6.45) is 0.960. The van der Waals surface area contributed by atoms with E-state index in [1.54, 1.807) is 12.1 Å². The van der Waals surface area contributed by atoms with Crippen LogP contribution in [0.4, 0.5) is 4.39 Å². The lowest BCUT2D eigenvalue weighted by Gasteiger charge is -2.12. The lowest BCUT2D eigenvalue weighted by molar-refractivity contribution is 0.619. The van der Waals surface area contributed by atoms with E-state index >= 15 is 0 Å². The third kappa shape index (κ3) is 2.75. The van der Waals surface area contributed by atoms with E-state index in [0.717, 1.165) is 35.6 Å². The Balaban J connectivity index is 2.51. The topological polar surface area (TPSA) is 29.9 Å². The van der Waals surface area contributed by atoms with Crippen molar-refractivity contribution in [1.82, 2.24) is 15.1 Å². The summed E-state index contributed by atoms with van der Waals surface area (Å²) in [5.41, 5.74) is 5.33. The summed E-state index contributed by atoms with van der Waals surface area (Å²) in [7, 11) is 0. The highest BCUT2D eigenvalue weighted by atomic mass is 19.1. The van der Waals surface area contributed by atoms with Crippen molar-refractivity contribution in [1.29, 1.82) is 0 Å². The maximum Gasteiger partial charge on any atom is 0.123 e. The second-order valence-corrected chi connectivity index (χ2v) is 4.97. The van der Waals surface area contributed by atoms with Crippen LogP contribution in [0.25, 0.3) is 5.69 Å². The summed E-state index contributed by atoms with van der Waals surface area (Å²) < 4.78 is 15.4. The molecule has 0 bridgehead atoms. The third-order valence-electron chi connectivity index (χ3n) is 3.63. The molecule has 0 spiro atoms. The molecule has 0 aliphatic rings.